The zero-order valence-corrected chi connectivity index (χ0v) is 12.4. The van der Waals surface area contributed by atoms with E-state index in [4.69, 9.17) is 12.2 Å². The van der Waals surface area contributed by atoms with Crippen LogP contribution in [0, 0.1) is 0 Å². The van der Waals surface area contributed by atoms with E-state index >= 15 is 0 Å². The van der Waals surface area contributed by atoms with Gasteiger partial charge in [0.25, 0.3) is 0 Å². The van der Waals surface area contributed by atoms with Crippen LogP contribution in [0.4, 0.5) is 0 Å². The Morgan fingerprint density at radius 1 is 1.25 bits per heavy atom. The van der Waals surface area contributed by atoms with E-state index < -0.39 is 0 Å². The zero-order valence-electron chi connectivity index (χ0n) is 11.6. The van der Waals surface area contributed by atoms with Crippen molar-refractivity contribution < 1.29 is 0 Å². The molecular weight excluding hydrogens is 268 g/mol. The molecule has 0 bridgehead atoms. The average molecular weight is 286 g/mol. The molecule has 4 nitrogen and oxygen atoms in total. The molecule has 3 heterocycles. The molecule has 0 spiro atoms. The quantitative estimate of drug-likeness (QED) is 0.852. The minimum Gasteiger partial charge on any atom is -0.363 e. The number of nitrogens with zero attached hydrogens (tertiary/aromatic N) is 2. The number of aromatic amines is 1. The lowest BCUT2D eigenvalue weighted by molar-refractivity contribution is 0.265. The van der Waals surface area contributed by atoms with Gasteiger partial charge in [-0.1, -0.05) is 6.07 Å². The molecule has 5 heteroatoms. The first kappa shape index (κ1) is 13.1. The predicted molar refractivity (Wildman–Crippen MR) is 83.2 cm³/mol. The summed E-state index contributed by atoms with van der Waals surface area (Å²) < 4.78 is 0. The van der Waals surface area contributed by atoms with Gasteiger partial charge in [0.2, 0.25) is 0 Å². The molecule has 0 aliphatic carbocycles. The summed E-state index contributed by atoms with van der Waals surface area (Å²) >= 11 is 5.52. The number of hydrogen-bond donors (Lipinski definition) is 2. The molecule has 2 aromatic rings. The summed E-state index contributed by atoms with van der Waals surface area (Å²) in [5.74, 6) is 0. The molecule has 2 atom stereocenters. The van der Waals surface area contributed by atoms with E-state index in [2.05, 4.69) is 40.1 Å². The standard InChI is InChI=1S/C15H18N4S/c1-10(2)19-14(12-7-5-9-17-12)13(18-15(19)20)11-6-3-4-8-16-11/h3-10,13-14,17H,1-2H3,(H,18,20)/t13-,14+/m0/s1. The van der Waals surface area contributed by atoms with Crippen molar-refractivity contribution in [1.82, 2.24) is 20.2 Å². The van der Waals surface area contributed by atoms with E-state index in [0.717, 1.165) is 16.5 Å². The number of rotatable bonds is 3. The summed E-state index contributed by atoms with van der Waals surface area (Å²) in [6, 6.07) is 10.7. The van der Waals surface area contributed by atoms with Crippen molar-refractivity contribution >= 4 is 17.3 Å². The summed E-state index contributed by atoms with van der Waals surface area (Å²) in [6.45, 7) is 4.31. The lowest BCUT2D eigenvalue weighted by Gasteiger charge is -2.30. The van der Waals surface area contributed by atoms with E-state index in [1.165, 1.54) is 0 Å². The second-order valence-electron chi connectivity index (χ2n) is 5.25. The number of aromatic nitrogens is 2. The normalized spacial score (nSPS) is 22.4. The monoisotopic (exact) mass is 286 g/mol. The third-order valence-electron chi connectivity index (χ3n) is 3.63. The molecule has 0 saturated carbocycles. The maximum Gasteiger partial charge on any atom is 0.170 e. The summed E-state index contributed by atoms with van der Waals surface area (Å²) in [4.78, 5) is 10.0. The van der Waals surface area contributed by atoms with Gasteiger partial charge >= 0.3 is 0 Å². The number of thiocarbonyl (C=S) groups is 1. The molecule has 3 rings (SSSR count). The minimum atomic E-state index is 0.0738. The first-order valence-corrected chi connectivity index (χ1v) is 7.22. The Kier molecular flexibility index (Phi) is 3.44. The van der Waals surface area contributed by atoms with Crippen LogP contribution in [0.15, 0.2) is 42.7 Å². The topological polar surface area (TPSA) is 44.0 Å². The van der Waals surface area contributed by atoms with Gasteiger partial charge in [0.1, 0.15) is 0 Å². The smallest absolute Gasteiger partial charge is 0.170 e. The van der Waals surface area contributed by atoms with Gasteiger partial charge in [0.15, 0.2) is 5.11 Å². The van der Waals surface area contributed by atoms with Crippen LogP contribution in [0.1, 0.15) is 37.3 Å². The zero-order chi connectivity index (χ0) is 14.1. The predicted octanol–water partition coefficient (Wildman–Crippen LogP) is 2.79. The van der Waals surface area contributed by atoms with Gasteiger partial charge in [-0.2, -0.15) is 0 Å². The summed E-state index contributed by atoms with van der Waals surface area (Å²) in [5.41, 5.74) is 2.17. The van der Waals surface area contributed by atoms with Crippen LogP contribution < -0.4 is 5.32 Å². The highest BCUT2D eigenvalue weighted by molar-refractivity contribution is 7.80. The molecule has 2 aromatic heterocycles. The molecule has 104 valence electrons. The Morgan fingerprint density at radius 3 is 2.70 bits per heavy atom. The van der Waals surface area contributed by atoms with Crippen molar-refractivity contribution in [2.45, 2.75) is 32.0 Å². The van der Waals surface area contributed by atoms with Crippen molar-refractivity contribution in [3.8, 4) is 0 Å². The maximum atomic E-state index is 5.52. The Balaban J connectivity index is 2.03. The van der Waals surface area contributed by atoms with E-state index in [1.807, 2.05) is 36.7 Å². The van der Waals surface area contributed by atoms with Gasteiger partial charge in [-0.15, -0.1) is 0 Å². The molecule has 0 aromatic carbocycles. The second kappa shape index (κ2) is 5.25. The van der Waals surface area contributed by atoms with Crippen LogP contribution in [0.3, 0.4) is 0 Å². The van der Waals surface area contributed by atoms with Gasteiger partial charge in [0, 0.05) is 24.1 Å². The van der Waals surface area contributed by atoms with E-state index in [9.17, 15) is 0 Å². The van der Waals surface area contributed by atoms with Crippen LogP contribution in [0.5, 0.6) is 0 Å². The third-order valence-corrected chi connectivity index (χ3v) is 3.96. The highest BCUT2D eigenvalue weighted by Crippen LogP contribution is 2.38. The number of nitrogens with one attached hydrogen (secondary N) is 2. The van der Waals surface area contributed by atoms with E-state index in [0.29, 0.717) is 6.04 Å². The number of hydrogen-bond acceptors (Lipinski definition) is 2. The van der Waals surface area contributed by atoms with Crippen molar-refractivity contribution in [2.24, 2.45) is 0 Å². The third kappa shape index (κ3) is 2.18. The molecule has 1 aliphatic heterocycles. The molecule has 0 unspecified atom stereocenters. The molecule has 0 radical (unpaired) electrons. The van der Waals surface area contributed by atoms with Gasteiger partial charge in [-0.25, -0.2) is 0 Å². The summed E-state index contributed by atoms with van der Waals surface area (Å²) in [5, 5.41) is 4.20. The van der Waals surface area contributed by atoms with E-state index in [1.54, 1.807) is 0 Å². The molecular formula is C15H18N4S. The van der Waals surface area contributed by atoms with Crippen molar-refractivity contribution in [2.75, 3.05) is 0 Å². The van der Waals surface area contributed by atoms with E-state index in [-0.39, 0.29) is 12.1 Å². The molecule has 1 saturated heterocycles. The van der Waals surface area contributed by atoms with Crippen molar-refractivity contribution in [3.63, 3.8) is 0 Å². The second-order valence-corrected chi connectivity index (χ2v) is 5.64. The summed E-state index contributed by atoms with van der Waals surface area (Å²) in [7, 11) is 0. The number of H-pyrrole nitrogens is 1. The maximum absolute atomic E-state index is 5.52. The van der Waals surface area contributed by atoms with Gasteiger partial charge in [-0.05, 0) is 50.3 Å². The Bertz CT molecular complexity index is 579. The molecule has 1 fully saturated rings. The Hall–Kier alpha value is -1.88. The summed E-state index contributed by atoms with van der Waals surface area (Å²) in [6.07, 6.45) is 3.77. The Morgan fingerprint density at radius 2 is 2.10 bits per heavy atom. The fourth-order valence-electron chi connectivity index (χ4n) is 2.78. The van der Waals surface area contributed by atoms with Crippen LogP contribution in [0.25, 0.3) is 0 Å². The highest BCUT2D eigenvalue weighted by Gasteiger charge is 2.41. The highest BCUT2D eigenvalue weighted by atomic mass is 32.1. The first-order valence-electron chi connectivity index (χ1n) is 6.81. The lowest BCUT2D eigenvalue weighted by atomic mass is 10.0. The van der Waals surface area contributed by atoms with Crippen molar-refractivity contribution in [3.05, 3.63) is 54.1 Å². The lowest BCUT2D eigenvalue weighted by Crippen LogP contribution is -2.35. The fourth-order valence-corrected chi connectivity index (χ4v) is 3.23. The minimum absolute atomic E-state index is 0.0738. The average Bonchev–Trinajstić information content (AvgIpc) is 3.06. The van der Waals surface area contributed by atoms with Crippen molar-refractivity contribution in [1.29, 1.82) is 0 Å². The fraction of sp³-hybridized carbons (Fsp3) is 0.333. The first-order chi connectivity index (χ1) is 9.68. The molecule has 20 heavy (non-hydrogen) atoms. The molecule has 2 N–H and O–H groups in total. The molecule has 1 aliphatic rings. The number of pyridine rings is 1. The van der Waals surface area contributed by atoms with Gasteiger partial charge in [0.05, 0.1) is 17.8 Å². The SMILES string of the molecule is CC(C)N1C(=S)N[C@@H](c2ccccn2)[C@H]1c1ccc[nH]1. The van der Waals surface area contributed by atoms with Crippen LogP contribution in [0.2, 0.25) is 0 Å². The molecule has 0 amide bonds. The van der Waals surface area contributed by atoms with Crippen LogP contribution in [-0.2, 0) is 0 Å². The van der Waals surface area contributed by atoms with Gasteiger partial charge < -0.3 is 15.2 Å². The van der Waals surface area contributed by atoms with Gasteiger partial charge in [-0.3, -0.25) is 4.98 Å². The van der Waals surface area contributed by atoms with Crippen LogP contribution in [-0.4, -0.2) is 26.0 Å². The largest absolute Gasteiger partial charge is 0.363 e. The van der Waals surface area contributed by atoms with Crippen LogP contribution >= 0.6 is 12.2 Å². The Labute approximate surface area is 124 Å².